The summed E-state index contributed by atoms with van der Waals surface area (Å²) in [6.45, 7) is 0.925. The molecule has 1 heterocycles. The summed E-state index contributed by atoms with van der Waals surface area (Å²) in [4.78, 5) is 14.6. The van der Waals surface area contributed by atoms with E-state index in [4.69, 9.17) is 28.3 Å². The second kappa shape index (κ2) is 7.29. The summed E-state index contributed by atoms with van der Waals surface area (Å²) in [5.74, 6) is -0.0146. The molecule has 1 amide bonds. The molecule has 0 saturated carbocycles. The molecule has 1 aromatic carbocycles. The molecule has 1 aliphatic heterocycles. The lowest BCUT2D eigenvalue weighted by atomic mass is 10.1. The van der Waals surface area contributed by atoms with E-state index in [0.717, 1.165) is 35.8 Å². The number of hydrogen-bond donors (Lipinski definition) is 1. The van der Waals surface area contributed by atoms with Crippen molar-refractivity contribution in [2.45, 2.75) is 31.7 Å². The Labute approximate surface area is 142 Å². The van der Waals surface area contributed by atoms with Crippen LogP contribution in [-0.2, 0) is 0 Å². The average molecular weight is 428 g/mol. The quantitative estimate of drug-likeness (QED) is 0.583. The lowest BCUT2D eigenvalue weighted by Crippen LogP contribution is -2.36. The topological polar surface area (TPSA) is 40.5 Å². The van der Waals surface area contributed by atoms with Gasteiger partial charge in [0.2, 0.25) is 0 Å². The fourth-order valence-corrected chi connectivity index (χ4v) is 3.63. The molecule has 3 nitrogen and oxygen atoms in total. The van der Waals surface area contributed by atoms with Crippen LogP contribution in [0.3, 0.4) is 0 Å². The number of aliphatic hydroxyl groups is 1. The van der Waals surface area contributed by atoms with Gasteiger partial charge in [-0.05, 0) is 60.4 Å². The Hall–Kier alpha value is -0.0400. The number of carbonyl (C=O) groups excluding carboxylic acids is 1. The van der Waals surface area contributed by atoms with Crippen molar-refractivity contribution in [2.75, 3.05) is 13.2 Å². The van der Waals surface area contributed by atoms with Crippen LogP contribution < -0.4 is 0 Å². The van der Waals surface area contributed by atoms with Gasteiger partial charge in [-0.1, -0.05) is 23.2 Å². The zero-order chi connectivity index (χ0) is 14.7. The summed E-state index contributed by atoms with van der Waals surface area (Å²) in [6, 6.07) is 3.54. The lowest BCUT2D eigenvalue weighted by Gasteiger charge is -2.25. The number of benzene rings is 1. The average Bonchev–Trinajstić information content (AvgIpc) is 2.88. The van der Waals surface area contributed by atoms with E-state index in [1.165, 1.54) is 0 Å². The van der Waals surface area contributed by atoms with Gasteiger partial charge in [0.1, 0.15) is 0 Å². The zero-order valence-corrected chi connectivity index (χ0v) is 14.6. The third-order valence-corrected chi connectivity index (χ3v) is 5.55. The van der Waals surface area contributed by atoms with E-state index in [1.807, 2.05) is 4.90 Å². The van der Waals surface area contributed by atoms with Gasteiger partial charge in [0.05, 0.1) is 10.6 Å². The monoisotopic (exact) mass is 427 g/mol. The Morgan fingerprint density at radius 2 is 2.20 bits per heavy atom. The molecule has 6 heteroatoms. The third kappa shape index (κ3) is 3.59. The summed E-state index contributed by atoms with van der Waals surface area (Å²) < 4.78 is 0.742. The standard InChI is InChI=1S/C14H16Cl2INO2/c15-9-7-11(13(17)12(16)8-9)14(20)18-5-1-3-10(18)4-2-6-19/h7-8,10,19H,1-6H2. The van der Waals surface area contributed by atoms with Gasteiger partial charge in [-0.25, -0.2) is 0 Å². The Morgan fingerprint density at radius 3 is 2.90 bits per heavy atom. The van der Waals surface area contributed by atoms with Gasteiger partial charge in [-0.2, -0.15) is 0 Å². The second-order valence-electron chi connectivity index (χ2n) is 4.91. The predicted molar refractivity (Wildman–Crippen MR) is 89.6 cm³/mol. The van der Waals surface area contributed by atoms with Crippen LogP contribution in [0.5, 0.6) is 0 Å². The SMILES string of the molecule is O=C(c1cc(Cl)cc(Cl)c1I)N1CCCC1CCCO. The first-order chi connectivity index (χ1) is 9.54. The molecule has 0 bridgehead atoms. The van der Waals surface area contributed by atoms with Crippen LogP contribution in [0.1, 0.15) is 36.0 Å². The number of carbonyl (C=O) groups is 1. The van der Waals surface area contributed by atoms with Gasteiger partial charge in [0.25, 0.3) is 5.91 Å². The van der Waals surface area contributed by atoms with Crippen molar-refractivity contribution in [3.05, 3.63) is 31.3 Å². The molecule has 0 aliphatic carbocycles. The van der Waals surface area contributed by atoms with Crippen molar-refractivity contribution < 1.29 is 9.90 Å². The summed E-state index contributed by atoms with van der Waals surface area (Å²) in [6.07, 6.45) is 3.57. The predicted octanol–water partition coefficient (Wildman–Crippen LogP) is 3.98. The number of amides is 1. The molecule has 1 aromatic rings. The first kappa shape index (κ1) is 16.3. The number of nitrogens with zero attached hydrogens (tertiary/aromatic N) is 1. The molecule has 1 N–H and O–H groups in total. The molecule has 1 unspecified atom stereocenters. The normalized spacial score (nSPS) is 18.6. The van der Waals surface area contributed by atoms with Crippen molar-refractivity contribution >= 4 is 51.7 Å². The lowest BCUT2D eigenvalue weighted by molar-refractivity contribution is 0.0723. The molecule has 110 valence electrons. The summed E-state index contributed by atoms with van der Waals surface area (Å²) in [5, 5.41) is 9.93. The van der Waals surface area contributed by atoms with Crippen molar-refractivity contribution in [1.82, 2.24) is 4.90 Å². The first-order valence-electron chi connectivity index (χ1n) is 6.61. The largest absolute Gasteiger partial charge is 0.396 e. The van der Waals surface area contributed by atoms with Gasteiger partial charge in [0.15, 0.2) is 0 Å². The van der Waals surface area contributed by atoms with E-state index in [0.29, 0.717) is 15.6 Å². The van der Waals surface area contributed by atoms with Gasteiger partial charge in [0, 0.05) is 27.8 Å². The summed E-state index contributed by atoms with van der Waals surface area (Å²) in [5.41, 5.74) is 0.569. The molecular weight excluding hydrogens is 412 g/mol. The molecule has 1 aliphatic rings. The Balaban J connectivity index is 2.22. The van der Waals surface area contributed by atoms with Crippen LogP contribution in [0, 0.1) is 3.57 Å². The van der Waals surface area contributed by atoms with E-state index in [-0.39, 0.29) is 18.6 Å². The van der Waals surface area contributed by atoms with Crippen LogP contribution in [0.4, 0.5) is 0 Å². The number of aliphatic hydroxyl groups excluding tert-OH is 1. The second-order valence-corrected chi connectivity index (χ2v) is 6.83. The van der Waals surface area contributed by atoms with E-state index < -0.39 is 0 Å². The number of hydrogen-bond acceptors (Lipinski definition) is 2. The van der Waals surface area contributed by atoms with Crippen LogP contribution in [0.25, 0.3) is 0 Å². The zero-order valence-electron chi connectivity index (χ0n) is 10.9. The van der Waals surface area contributed by atoms with Gasteiger partial charge in [-0.15, -0.1) is 0 Å². The Kier molecular flexibility index (Phi) is 5.95. The molecule has 0 spiro atoms. The highest BCUT2D eigenvalue weighted by Crippen LogP contribution is 2.30. The first-order valence-corrected chi connectivity index (χ1v) is 8.44. The maximum atomic E-state index is 12.7. The highest BCUT2D eigenvalue weighted by atomic mass is 127. The van der Waals surface area contributed by atoms with E-state index in [9.17, 15) is 4.79 Å². The van der Waals surface area contributed by atoms with Crippen LogP contribution in [0.2, 0.25) is 10.0 Å². The Bertz CT molecular complexity index is 510. The maximum Gasteiger partial charge on any atom is 0.255 e. The Morgan fingerprint density at radius 1 is 1.45 bits per heavy atom. The van der Waals surface area contributed by atoms with Crippen LogP contribution >= 0.6 is 45.8 Å². The summed E-state index contributed by atoms with van der Waals surface area (Å²) in [7, 11) is 0. The highest BCUT2D eigenvalue weighted by Gasteiger charge is 2.30. The van der Waals surface area contributed by atoms with Gasteiger partial charge >= 0.3 is 0 Å². The van der Waals surface area contributed by atoms with E-state index in [2.05, 4.69) is 22.6 Å². The molecule has 0 aromatic heterocycles. The van der Waals surface area contributed by atoms with Crippen molar-refractivity contribution in [1.29, 1.82) is 0 Å². The number of rotatable bonds is 4. The number of likely N-dealkylation sites (tertiary alicyclic amines) is 1. The minimum atomic E-state index is -0.0146. The van der Waals surface area contributed by atoms with Gasteiger partial charge < -0.3 is 10.0 Å². The fourth-order valence-electron chi connectivity index (χ4n) is 2.60. The molecule has 2 rings (SSSR count). The molecule has 1 saturated heterocycles. The molecular formula is C14H16Cl2INO2. The third-order valence-electron chi connectivity index (χ3n) is 3.56. The molecule has 1 atom stereocenters. The highest BCUT2D eigenvalue weighted by molar-refractivity contribution is 14.1. The fraction of sp³-hybridized carbons (Fsp3) is 0.500. The smallest absolute Gasteiger partial charge is 0.255 e. The van der Waals surface area contributed by atoms with Crippen molar-refractivity contribution in [3.8, 4) is 0 Å². The minimum absolute atomic E-state index is 0.0146. The van der Waals surface area contributed by atoms with Crippen molar-refractivity contribution in [2.24, 2.45) is 0 Å². The summed E-state index contributed by atoms with van der Waals surface area (Å²) >= 11 is 14.2. The van der Waals surface area contributed by atoms with Crippen molar-refractivity contribution in [3.63, 3.8) is 0 Å². The van der Waals surface area contributed by atoms with Crippen LogP contribution in [-0.4, -0.2) is 35.1 Å². The maximum absolute atomic E-state index is 12.7. The van der Waals surface area contributed by atoms with E-state index in [1.54, 1.807) is 12.1 Å². The number of halogens is 3. The molecule has 1 fully saturated rings. The van der Waals surface area contributed by atoms with Gasteiger partial charge in [-0.3, -0.25) is 4.79 Å². The minimum Gasteiger partial charge on any atom is -0.396 e. The molecule has 20 heavy (non-hydrogen) atoms. The molecule has 0 radical (unpaired) electrons. The van der Waals surface area contributed by atoms with E-state index >= 15 is 0 Å². The van der Waals surface area contributed by atoms with Crippen LogP contribution in [0.15, 0.2) is 12.1 Å².